The molecule has 4 aromatic rings. The zero-order valence-corrected chi connectivity index (χ0v) is 24.4. The first-order chi connectivity index (χ1) is 20.7. The zero-order valence-electron chi connectivity index (χ0n) is 24.4. The van der Waals surface area contributed by atoms with Crippen LogP contribution in [-0.2, 0) is 18.0 Å². The second kappa shape index (κ2) is 13.1. The molecule has 5 rings (SSSR count). The minimum absolute atomic E-state index is 0.0185. The highest BCUT2D eigenvalue weighted by Crippen LogP contribution is 2.37. The number of carbonyl (C=O) groups excluding carboxylic acids is 1. The highest BCUT2D eigenvalue weighted by Gasteiger charge is 2.32. The van der Waals surface area contributed by atoms with Gasteiger partial charge in [-0.1, -0.05) is 72.8 Å². The number of ether oxygens (including phenoxy) is 3. The van der Waals surface area contributed by atoms with Gasteiger partial charge in [-0.05, 0) is 56.5 Å². The van der Waals surface area contributed by atoms with Crippen LogP contribution in [0, 0.1) is 11.6 Å². The minimum atomic E-state index is -0.812. The number of carbonyl (C=O) groups is 1. The van der Waals surface area contributed by atoms with E-state index in [4.69, 9.17) is 14.2 Å². The van der Waals surface area contributed by atoms with E-state index < -0.39 is 29.4 Å². The summed E-state index contributed by atoms with van der Waals surface area (Å²) in [4.78, 5) is 18.8. The Balaban J connectivity index is 1.46. The molecule has 1 aliphatic rings. The van der Waals surface area contributed by atoms with Gasteiger partial charge in [-0.15, -0.1) is 0 Å². The first-order valence-electron chi connectivity index (χ1n) is 14.2. The van der Waals surface area contributed by atoms with E-state index in [-0.39, 0.29) is 41.7 Å². The van der Waals surface area contributed by atoms with Gasteiger partial charge in [0.05, 0.1) is 6.04 Å². The average molecular weight is 585 g/mol. The van der Waals surface area contributed by atoms with Gasteiger partial charge in [-0.3, -0.25) is 4.90 Å². The van der Waals surface area contributed by atoms with Crippen LogP contribution >= 0.6 is 0 Å². The largest absolute Gasteiger partial charge is 0.473 e. The summed E-state index contributed by atoms with van der Waals surface area (Å²) in [7, 11) is 0. The predicted molar refractivity (Wildman–Crippen MR) is 161 cm³/mol. The molecule has 0 aliphatic carbocycles. The summed E-state index contributed by atoms with van der Waals surface area (Å²) in [6, 6.07) is 23.8. The molecule has 0 fully saturated rings. The summed E-state index contributed by atoms with van der Waals surface area (Å²) >= 11 is 0. The number of amides is 1. The van der Waals surface area contributed by atoms with Gasteiger partial charge >= 0.3 is 6.09 Å². The van der Waals surface area contributed by atoms with E-state index >= 15 is 8.78 Å². The van der Waals surface area contributed by atoms with Crippen molar-refractivity contribution in [2.24, 2.45) is 0 Å². The molecule has 0 N–H and O–H groups in total. The summed E-state index contributed by atoms with van der Waals surface area (Å²) in [5, 5.41) is 0. The fourth-order valence-corrected chi connectivity index (χ4v) is 4.75. The van der Waals surface area contributed by atoms with Crippen molar-refractivity contribution in [1.29, 1.82) is 0 Å². The van der Waals surface area contributed by atoms with E-state index in [0.29, 0.717) is 13.0 Å². The lowest BCUT2D eigenvalue weighted by Gasteiger charge is -2.34. The normalized spacial score (nSPS) is 14.8. The molecule has 43 heavy (non-hydrogen) atoms. The standard InChI is InChI=1S/C35H34F2N2O4/c1-35(2,3)43-34(40)39-19-11-10-16-31(39)28-21-29(36)27(20-30(28)37)26-17-18-32(41-22-24-12-6-4-7-13-24)38-33(26)42-23-25-14-8-5-9-15-25/h4-10,12-18,20-21,31H,11,19,22-23H2,1-3H3. The molecule has 1 aromatic heterocycles. The van der Waals surface area contributed by atoms with Crippen LogP contribution in [0.4, 0.5) is 13.6 Å². The molecule has 0 spiro atoms. The maximum Gasteiger partial charge on any atom is 0.411 e. The number of halogens is 2. The van der Waals surface area contributed by atoms with E-state index in [0.717, 1.165) is 23.3 Å². The van der Waals surface area contributed by atoms with Gasteiger partial charge < -0.3 is 14.2 Å². The van der Waals surface area contributed by atoms with Crippen LogP contribution in [0.1, 0.15) is 49.9 Å². The van der Waals surface area contributed by atoms with Gasteiger partial charge in [-0.25, -0.2) is 13.6 Å². The Morgan fingerprint density at radius 3 is 2.16 bits per heavy atom. The fraction of sp³-hybridized carbons (Fsp3) is 0.257. The quantitative estimate of drug-likeness (QED) is 0.195. The first kappa shape index (κ1) is 29.8. The molecule has 1 unspecified atom stereocenters. The van der Waals surface area contributed by atoms with E-state index in [2.05, 4.69) is 4.98 Å². The van der Waals surface area contributed by atoms with Gasteiger partial charge in [0.1, 0.15) is 30.4 Å². The van der Waals surface area contributed by atoms with Crippen LogP contribution in [0.15, 0.2) is 97.1 Å². The molecule has 3 aromatic carbocycles. The summed E-state index contributed by atoms with van der Waals surface area (Å²) in [6.45, 7) is 6.06. The number of nitrogens with zero attached hydrogens (tertiary/aromatic N) is 2. The van der Waals surface area contributed by atoms with Crippen LogP contribution in [0.3, 0.4) is 0 Å². The Kier molecular flexibility index (Phi) is 9.04. The number of aromatic nitrogens is 1. The molecule has 6 nitrogen and oxygen atoms in total. The lowest BCUT2D eigenvalue weighted by atomic mass is 9.97. The summed E-state index contributed by atoms with van der Waals surface area (Å²) < 4.78 is 49.1. The Bertz CT molecular complexity index is 1590. The van der Waals surface area contributed by atoms with Crippen molar-refractivity contribution >= 4 is 6.09 Å². The molecular formula is C35H34F2N2O4. The van der Waals surface area contributed by atoms with Gasteiger partial charge in [0, 0.05) is 29.3 Å². The summed E-state index contributed by atoms with van der Waals surface area (Å²) in [6.07, 6.45) is 3.55. The Hall–Kier alpha value is -4.72. The van der Waals surface area contributed by atoms with Gasteiger partial charge in [0.25, 0.3) is 0 Å². The smallest absolute Gasteiger partial charge is 0.411 e. The molecule has 2 heterocycles. The van der Waals surface area contributed by atoms with Crippen molar-refractivity contribution in [2.45, 2.75) is 52.0 Å². The zero-order chi connectivity index (χ0) is 30.4. The second-order valence-corrected chi connectivity index (χ2v) is 11.2. The Morgan fingerprint density at radius 1 is 0.860 bits per heavy atom. The molecular weight excluding hydrogens is 550 g/mol. The van der Waals surface area contributed by atoms with Crippen LogP contribution in [-0.4, -0.2) is 28.1 Å². The second-order valence-electron chi connectivity index (χ2n) is 11.2. The van der Waals surface area contributed by atoms with E-state index in [1.807, 2.05) is 66.7 Å². The lowest BCUT2D eigenvalue weighted by molar-refractivity contribution is 0.0187. The number of hydrogen-bond acceptors (Lipinski definition) is 5. The van der Waals surface area contributed by atoms with Crippen LogP contribution < -0.4 is 9.47 Å². The van der Waals surface area contributed by atoms with Crippen LogP contribution in [0.5, 0.6) is 11.8 Å². The molecule has 0 bridgehead atoms. The third-order valence-electron chi connectivity index (χ3n) is 6.80. The molecule has 1 amide bonds. The Labute approximate surface area is 250 Å². The van der Waals surface area contributed by atoms with Gasteiger partial charge in [-0.2, -0.15) is 4.98 Å². The van der Waals surface area contributed by atoms with Gasteiger partial charge in [0.2, 0.25) is 11.8 Å². The van der Waals surface area contributed by atoms with Crippen molar-refractivity contribution in [3.8, 4) is 22.9 Å². The number of hydrogen-bond donors (Lipinski definition) is 0. The minimum Gasteiger partial charge on any atom is -0.473 e. The lowest BCUT2D eigenvalue weighted by Crippen LogP contribution is -2.40. The van der Waals surface area contributed by atoms with E-state index in [1.165, 1.54) is 4.90 Å². The van der Waals surface area contributed by atoms with Crippen LogP contribution in [0.25, 0.3) is 11.1 Å². The molecule has 0 radical (unpaired) electrons. The fourth-order valence-electron chi connectivity index (χ4n) is 4.75. The molecule has 222 valence electrons. The maximum absolute atomic E-state index is 15.8. The third-order valence-corrected chi connectivity index (χ3v) is 6.80. The maximum atomic E-state index is 15.8. The predicted octanol–water partition coefficient (Wildman–Crippen LogP) is 8.42. The third kappa shape index (κ3) is 7.57. The van der Waals surface area contributed by atoms with Crippen molar-refractivity contribution < 1.29 is 27.8 Å². The van der Waals surface area contributed by atoms with Crippen molar-refractivity contribution in [3.63, 3.8) is 0 Å². The van der Waals surface area contributed by atoms with E-state index in [9.17, 15) is 4.79 Å². The monoisotopic (exact) mass is 584 g/mol. The molecule has 0 saturated carbocycles. The summed E-state index contributed by atoms with van der Waals surface area (Å²) in [5.41, 5.74) is 1.41. The van der Waals surface area contributed by atoms with Crippen molar-refractivity contribution in [2.75, 3.05) is 6.54 Å². The molecule has 1 aliphatic heterocycles. The van der Waals surface area contributed by atoms with Crippen molar-refractivity contribution in [3.05, 3.63) is 125 Å². The summed E-state index contributed by atoms with van der Waals surface area (Å²) in [5.74, 6) is -0.953. The SMILES string of the molecule is CC(C)(C)OC(=O)N1CCC=CC1c1cc(F)c(-c2ccc(OCc3ccccc3)nc2OCc2ccccc2)cc1F. The number of pyridine rings is 1. The molecule has 0 saturated heterocycles. The highest BCUT2D eigenvalue weighted by atomic mass is 19.1. The van der Waals surface area contributed by atoms with E-state index in [1.54, 1.807) is 39.0 Å². The number of benzene rings is 3. The highest BCUT2D eigenvalue weighted by molar-refractivity contribution is 5.72. The van der Waals surface area contributed by atoms with Gasteiger partial charge in [0.15, 0.2) is 0 Å². The molecule has 8 heteroatoms. The average Bonchev–Trinajstić information content (AvgIpc) is 3.00. The first-order valence-corrected chi connectivity index (χ1v) is 14.2. The van der Waals surface area contributed by atoms with Crippen LogP contribution in [0.2, 0.25) is 0 Å². The topological polar surface area (TPSA) is 60.9 Å². The number of rotatable bonds is 8. The molecule has 1 atom stereocenters. The van der Waals surface area contributed by atoms with Crippen molar-refractivity contribution in [1.82, 2.24) is 9.88 Å². The Morgan fingerprint density at radius 2 is 1.51 bits per heavy atom.